The van der Waals surface area contributed by atoms with Crippen LogP contribution in [-0.4, -0.2) is 41.3 Å². The second kappa shape index (κ2) is 7.48. The molecule has 7 nitrogen and oxygen atoms in total. The lowest BCUT2D eigenvalue weighted by Gasteiger charge is -2.17. The summed E-state index contributed by atoms with van der Waals surface area (Å²) in [6.45, 7) is 2.63. The molecule has 1 atom stereocenters. The normalized spacial score (nSPS) is 19.2. The molecule has 1 saturated heterocycles. The van der Waals surface area contributed by atoms with Crippen molar-refractivity contribution in [2.45, 2.75) is 26.0 Å². The molecule has 1 unspecified atom stereocenters. The number of aromatic nitrogens is 2. The van der Waals surface area contributed by atoms with E-state index in [-0.39, 0.29) is 24.1 Å². The fourth-order valence-electron chi connectivity index (χ4n) is 3.59. The van der Waals surface area contributed by atoms with Crippen LogP contribution >= 0.6 is 0 Å². The molecule has 0 aliphatic carbocycles. The molecule has 1 aromatic carbocycles. The first-order chi connectivity index (χ1) is 13.1. The first-order valence-corrected chi connectivity index (χ1v) is 9.07. The highest BCUT2D eigenvalue weighted by Gasteiger charge is 2.35. The van der Waals surface area contributed by atoms with Gasteiger partial charge in [-0.25, -0.2) is 4.39 Å². The maximum absolute atomic E-state index is 13.1. The van der Waals surface area contributed by atoms with Crippen molar-refractivity contribution < 1.29 is 18.7 Å². The molecule has 1 aromatic heterocycles. The van der Waals surface area contributed by atoms with Crippen molar-refractivity contribution in [1.29, 1.82) is 0 Å². The number of fused-ring (bicyclic) bond motifs is 1. The van der Waals surface area contributed by atoms with Gasteiger partial charge in [0.2, 0.25) is 11.8 Å². The van der Waals surface area contributed by atoms with E-state index in [0.29, 0.717) is 38.5 Å². The van der Waals surface area contributed by atoms with Crippen LogP contribution in [0.4, 0.5) is 10.1 Å². The lowest BCUT2D eigenvalue weighted by Crippen LogP contribution is -2.35. The average Bonchev–Trinajstić information content (AvgIpc) is 3.26. The van der Waals surface area contributed by atoms with Crippen LogP contribution in [0, 0.1) is 11.7 Å². The summed E-state index contributed by atoms with van der Waals surface area (Å²) in [5.41, 5.74) is 2.88. The third-order valence-corrected chi connectivity index (χ3v) is 5.03. The molecule has 1 N–H and O–H groups in total. The van der Waals surface area contributed by atoms with Crippen LogP contribution in [0.15, 0.2) is 30.5 Å². The Morgan fingerprint density at radius 3 is 2.96 bits per heavy atom. The van der Waals surface area contributed by atoms with Gasteiger partial charge in [-0.3, -0.25) is 14.3 Å². The van der Waals surface area contributed by atoms with Crippen LogP contribution in [0.2, 0.25) is 0 Å². The molecule has 0 spiro atoms. The summed E-state index contributed by atoms with van der Waals surface area (Å²) in [6, 6.07) is 5.73. The van der Waals surface area contributed by atoms with Crippen LogP contribution in [0.25, 0.3) is 0 Å². The second-order valence-electron chi connectivity index (χ2n) is 6.82. The number of nitrogens with one attached hydrogen (secondary N) is 1. The fraction of sp³-hybridized carbons (Fsp3) is 0.421. The molecule has 2 aliphatic heterocycles. The Morgan fingerprint density at radius 2 is 2.15 bits per heavy atom. The van der Waals surface area contributed by atoms with E-state index in [2.05, 4.69) is 10.4 Å². The molecule has 8 heteroatoms. The molecule has 2 aromatic rings. The highest BCUT2D eigenvalue weighted by molar-refractivity contribution is 6.00. The van der Waals surface area contributed by atoms with E-state index < -0.39 is 5.92 Å². The molecule has 3 heterocycles. The number of carbonyl (C=O) groups excluding carboxylic acids is 2. The van der Waals surface area contributed by atoms with Crippen LogP contribution in [0.3, 0.4) is 0 Å². The number of rotatable bonds is 5. The number of carbonyl (C=O) groups is 2. The summed E-state index contributed by atoms with van der Waals surface area (Å²) in [4.78, 5) is 26.2. The van der Waals surface area contributed by atoms with E-state index in [1.165, 1.54) is 17.0 Å². The number of hydrogen-bond donors (Lipinski definition) is 1. The van der Waals surface area contributed by atoms with Crippen molar-refractivity contribution in [1.82, 2.24) is 15.1 Å². The Hall–Kier alpha value is -2.74. The fourth-order valence-corrected chi connectivity index (χ4v) is 3.59. The van der Waals surface area contributed by atoms with Gasteiger partial charge in [0.05, 0.1) is 31.9 Å². The van der Waals surface area contributed by atoms with Crippen LogP contribution < -0.4 is 10.2 Å². The Bertz CT molecular complexity index is 849. The standard InChI is InChI=1S/C19H21FN4O3/c20-15-1-3-16(4-2-15)23-11-13(9-18(23)25)19(26)21-6-7-24-17-5-8-27-12-14(17)10-22-24/h1-4,10,13H,5-9,11-12H2,(H,21,26). The maximum atomic E-state index is 13.1. The zero-order valence-corrected chi connectivity index (χ0v) is 14.9. The van der Waals surface area contributed by atoms with Crippen LogP contribution in [0.1, 0.15) is 17.7 Å². The lowest BCUT2D eigenvalue weighted by atomic mass is 10.1. The topological polar surface area (TPSA) is 76.5 Å². The predicted octanol–water partition coefficient (Wildman–Crippen LogP) is 1.26. The smallest absolute Gasteiger partial charge is 0.227 e. The van der Waals surface area contributed by atoms with Gasteiger partial charge in [-0.15, -0.1) is 0 Å². The lowest BCUT2D eigenvalue weighted by molar-refractivity contribution is -0.126. The van der Waals surface area contributed by atoms with Gasteiger partial charge in [-0.2, -0.15) is 5.10 Å². The minimum atomic E-state index is -0.400. The van der Waals surface area contributed by atoms with Gasteiger partial charge in [0.25, 0.3) is 0 Å². The van der Waals surface area contributed by atoms with Crippen molar-refractivity contribution in [2.75, 3.05) is 24.6 Å². The molecule has 4 rings (SSSR count). The third kappa shape index (κ3) is 3.71. The van der Waals surface area contributed by atoms with Gasteiger partial charge in [-0.1, -0.05) is 0 Å². The van der Waals surface area contributed by atoms with E-state index in [0.717, 1.165) is 17.7 Å². The number of nitrogens with zero attached hydrogens (tertiary/aromatic N) is 3. The van der Waals surface area contributed by atoms with Crippen molar-refractivity contribution >= 4 is 17.5 Å². The van der Waals surface area contributed by atoms with Gasteiger partial charge in [-0.05, 0) is 24.3 Å². The number of amides is 2. The maximum Gasteiger partial charge on any atom is 0.227 e. The van der Waals surface area contributed by atoms with Crippen LogP contribution in [-0.2, 0) is 33.9 Å². The Kier molecular flexibility index (Phi) is 4.89. The molecule has 142 valence electrons. The third-order valence-electron chi connectivity index (χ3n) is 5.03. The molecule has 1 fully saturated rings. The summed E-state index contributed by atoms with van der Waals surface area (Å²) in [5.74, 6) is -1.02. The summed E-state index contributed by atoms with van der Waals surface area (Å²) < 4.78 is 20.4. The minimum absolute atomic E-state index is 0.122. The second-order valence-corrected chi connectivity index (χ2v) is 6.82. The molecule has 0 radical (unpaired) electrons. The van der Waals surface area contributed by atoms with Gasteiger partial charge in [0, 0.05) is 42.9 Å². The molecule has 2 aliphatic rings. The van der Waals surface area contributed by atoms with Gasteiger partial charge >= 0.3 is 0 Å². The highest BCUT2D eigenvalue weighted by atomic mass is 19.1. The first kappa shape index (κ1) is 17.7. The summed E-state index contributed by atoms with van der Waals surface area (Å²) in [7, 11) is 0. The SMILES string of the molecule is O=C(NCCn1ncc2c1CCOC2)C1CC(=O)N(c2ccc(F)cc2)C1. The zero-order valence-electron chi connectivity index (χ0n) is 14.9. The number of halogens is 1. The van der Waals surface area contributed by atoms with Gasteiger partial charge in [0.15, 0.2) is 0 Å². The zero-order chi connectivity index (χ0) is 18.8. The monoisotopic (exact) mass is 372 g/mol. The van der Waals surface area contributed by atoms with Gasteiger partial charge in [0.1, 0.15) is 5.82 Å². The number of benzene rings is 1. The Balaban J connectivity index is 1.31. The van der Waals surface area contributed by atoms with Gasteiger partial charge < -0.3 is 15.0 Å². The predicted molar refractivity (Wildman–Crippen MR) is 95.5 cm³/mol. The van der Waals surface area contributed by atoms with E-state index in [1.54, 1.807) is 12.1 Å². The largest absolute Gasteiger partial charge is 0.376 e. The van der Waals surface area contributed by atoms with Crippen molar-refractivity contribution in [2.24, 2.45) is 5.92 Å². The van der Waals surface area contributed by atoms with E-state index >= 15 is 0 Å². The molecule has 0 saturated carbocycles. The first-order valence-electron chi connectivity index (χ1n) is 9.07. The number of hydrogen-bond acceptors (Lipinski definition) is 4. The minimum Gasteiger partial charge on any atom is -0.376 e. The van der Waals surface area contributed by atoms with E-state index in [9.17, 15) is 14.0 Å². The van der Waals surface area contributed by atoms with E-state index in [4.69, 9.17) is 4.74 Å². The Morgan fingerprint density at radius 1 is 1.33 bits per heavy atom. The molecular formula is C19H21FN4O3. The van der Waals surface area contributed by atoms with Crippen LogP contribution in [0.5, 0.6) is 0 Å². The quantitative estimate of drug-likeness (QED) is 0.858. The molecular weight excluding hydrogens is 351 g/mol. The molecule has 2 amide bonds. The molecule has 27 heavy (non-hydrogen) atoms. The van der Waals surface area contributed by atoms with E-state index in [1.807, 2.05) is 10.9 Å². The number of anilines is 1. The molecule has 0 bridgehead atoms. The summed E-state index contributed by atoms with van der Waals surface area (Å²) in [5, 5.41) is 7.26. The van der Waals surface area contributed by atoms with Crippen molar-refractivity contribution in [3.8, 4) is 0 Å². The highest BCUT2D eigenvalue weighted by Crippen LogP contribution is 2.25. The Labute approximate surface area is 156 Å². The van der Waals surface area contributed by atoms with Crippen molar-refractivity contribution in [3.05, 3.63) is 47.5 Å². The number of ether oxygens (including phenoxy) is 1. The summed E-state index contributed by atoms with van der Waals surface area (Å²) in [6.07, 6.45) is 2.80. The summed E-state index contributed by atoms with van der Waals surface area (Å²) >= 11 is 0. The van der Waals surface area contributed by atoms with Crippen molar-refractivity contribution in [3.63, 3.8) is 0 Å². The average molecular weight is 372 g/mol.